The molecular weight excluding hydrogens is 406 g/mol. The fourth-order valence-electron chi connectivity index (χ4n) is 3.24. The molecule has 0 spiro atoms. The lowest BCUT2D eigenvalue weighted by Gasteiger charge is -2.17. The summed E-state index contributed by atoms with van der Waals surface area (Å²) >= 11 is 0. The van der Waals surface area contributed by atoms with Crippen molar-refractivity contribution in [3.63, 3.8) is 0 Å². The molecule has 5 rings (SSSR count). The number of hydrogen-bond donors (Lipinski definition) is 1. The van der Waals surface area contributed by atoms with Crippen LogP contribution in [-0.2, 0) is 10.0 Å². The van der Waals surface area contributed by atoms with Gasteiger partial charge in [0.05, 0.1) is 5.69 Å². The first kappa shape index (κ1) is 18.8. The molecule has 3 heterocycles. The van der Waals surface area contributed by atoms with Crippen molar-refractivity contribution in [1.82, 2.24) is 24.7 Å². The lowest BCUT2D eigenvalue weighted by atomic mass is 10.1. The highest BCUT2D eigenvalue weighted by atomic mass is 32.2. The van der Waals surface area contributed by atoms with Crippen LogP contribution in [-0.4, -0.2) is 28.4 Å². The third-order valence-electron chi connectivity index (χ3n) is 4.91. The summed E-state index contributed by atoms with van der Waals surface area (Å²) in [5, 5.41) is 12.0. The van der Waals surface area contributed by atoms with E-state index < -0.39 is 16.1 Å². The number of sulfonamides is 1. The molecule has 30 heavy (non-hydrogen) atoms. The van der Waals surface area contributed by atoms with E-state index in [1.54, 1.807) is 24.0 Å². The van der Waals surface area contributed by atoms with Gasteiger partial charge in [0, 0.05) is 24.4 Å². The van der Waals surface area contributed by atoms with Gasteiger partial charge in [0.2, 0.25) is 11.0 Å². The van der Waals surface area contributed by atoms with E-state index >= 15 is 0 Å². The monoisotopic (exact) mass is 425 g/mol. The van der Waals surface area contributed by atoms with Crippen LogP contribution in [0.5, 0.6) is 0 Å². The van der Waals surface area contributed by atoms with E-state index in [9.17, 15) is 8.42 Å². The van der Waals surface area contributed by atoms with Crippen LogP contribution in [0.4, 0.5) is 0 Å². The van der Waals surface area contributed by atoms with Gasteiger partial charge in [0.15, 0.2) is 5.76 Å². The van der Waals surface area contributed by atoms with E-state index in [0.29, 0.717) is 11.8 Å². The van der Waals surface area contributed by atoms with E-state index in [-0.39, 0.29) is 16.7 Å². The quantitative estimate of drug-likeness (QED) is 0.482. The van der Waals surface area contributed by atoms with E-state index in [1.807, 2.05) is 30.3 Å². The Bertz CT molecular complexity index is 1270. The zero-order valence-corrected chi connectivity index (χ0v) is 16.9. The molecule has 4 aromatic rings. The van der Waals surface area contributed by atoms with Crippen LogP contribution in [0.25, 0.3) is 17.3 Å². The number of benzene rings is 1. The molecular formula is C20H19N5O4S. The summed E-state index contributed by atoms with van der Waals surface area (Å²) in [5.74, 6) is 1.27. The van der Waals surface area contributed by atoms with Gasteiger partial charge in [-0.1, -0.05) is 18.2 Å². The van der Waals surface area contributed by atoms with Gasteiger partial charge in [-0.25, -0.2) is 17.8 Å². The molecule has 1 atom stereocenters. The second-order valence-corrected chi connectivity index (χ2v) is 8.84. The maximum atomic E-state index is 12.9. The molecule has 0 aliphatic heterocycles. The summed E-state index contributed by atoms with van der Waals surface area (Å²) < 4.78 is 41.2. The summed E-state index contributed by atoms with van der Waals surface area (Å²) in [4.78, 5) is 0. The van der Waals surface area contributed by atoms with Crippen molar-refractivity contribution in [2.45, 2.75) is 36.8 Å². The Morgan fingerprint density at radius 2 is 1.93 bits per heavy atom. The van der Waals surface area contributed by atoms with Crippen LogP contribution in [0.3, 0.4) is 0 Å². The van der Waals surface area contributed by atoms with Crippen LogP contribution >= 0.6 is 0 Å². The van der Waals surface area contributed by atoms with Crippen molar-refractivity contribution in [2.75, 3.05) is 0 Å². The zero-order chi connectivity index (χ0) is 20.7. The molecule has 1 saturated carbocycles. The number of aromatic nitrogens is 4. The number of furan rings is 1. The first-order valence-corrected chi connectivity index (χ1v) is 11.0. The maximum Gasteiger partial charge on any atom is 0.283 e. The molecule has 0 radical (unpaired) electrons. The van der Waals surface area contributed by atoms with Gasteiger partial charge in [-0.05, 0) is 49.6 Å². The highest BCUT2D eigenvalue weighted by Crippen LogP contribution is 2.40. The van der Waals surface area contributed by atoms with Gasteiger partial charge in [0.25, 0.3) is 15.9 Å². The fourth-order valence-corrected chi connectivity index (χ4v) is 4.39. The molecule has 0 bridgehead atoms. The van der Waals surface area contributed by atoms with Crippen molar-refractivity contribution in [1.29, 1.82) is 0 Å². The third-order valence-corrected chi connectivity index (χ3v) is 6.32. The molecule has 1 N–H and O–H groups in total. The zero-order valence-electron chi connectivity index (χ0n) is 16.1. The molecule has 1 aliphatic carbocycles. The average molecular weight is 425 g/mol. The molecule has 10 heteroatoms. The number of nitrogens with zero attached hydrogens (tertiary/aromatic N) is 4. The van der Waals surface area contributed by atoms with Crippen LogP contribution < -0.4 is 4.72 Å². The van der Waals surface area contributed by atoms with Gasteiger partial charge in [0.1, 0.15) is 0 Å². The number of para-hydroxylation sites is 1. The summed E-state index contributed by atoms with van der Waals surface area (Å²) in [6, 6.07) is 11.6. The average Bonchev–Trinajstić information content (AvgIpc) is 3.19. The van der Waals surface area contributed by atoms with Crippen molar-refractivity contribution in [3.8, 4) is 17.3 Å². The molecule has 1 unspecified atom stereocenters. The Morgan fingerprint density at radius 1 is 1.10 bits per heavy atom. The lowest BCUT2D eigenvalue weighted by Crippen LogP contribution is -2.27. The molecule has 1 fully saturated rings. The normalized spacial score (nSPS) is 15.4. The highest BCUT2D eigenvalue weighted by Gasteiger charge is 2.30. The van der Waals surface area contributed by atoms with E-state index in [0.717, 1.165) is 24.1 Å². The Hall–Kier alpha value is -3.24. The molecule has 154 valence electrons. The van der Waals surface area contributed by atoms with Gasteiger partial charge < -0.3 is 8.83 Å². The lowest BCUT2D eigenvalue weighted by molar-refractivity contribution is 0.429. The number of rotatable bonds is 7. The van der Waals surface area contributed by atoms with Crippen molar-refractivity contribution < 1.29 is 17.3 Å². The third kappa shape index (κ3) is 3.55. The Morgan fingerprint density at radius 3 is 2.70 bits per heavy atom. The summed E-state index contributed by atoms with van der Waals surface area (Å²) in [5.41, 5.74) is 1.57. The van der Waals surface area contributed by atoms with E-state index in [2.05, 4.69) is 20.0 Å². The van der Waals surface area contributed by atoms with Crippen molar-refractivity contribution >= 4 is 10.0 Å². The fraction of sp³-hybridized carbons (Fsp3) is 0.250. The Kier molecular flexibility index (Phi) is 4.52. The second-order valence-electron chi connectivity index (χ2n) is 7.19. The Balaban J connectivity index is 1.38. The topological polar surface area (TPSA) is 116 Å². The van der Waals surface area contributed by atoms with Crippen LogP contribution in [0, 0.1) is 0 Å². The minimum Gasteiger partial charge on any atom is -0.438 e. The number of nitrogens with one attached hydrogen (secondary N) is 1. The second kappa shape index (κ2) is 7.22. The van der Waals surface area contributed by atoms with Gasteiger partial charge in [-0.3, -0.25) is 0 Å². The predicted molar refractivity (Wildman–Crippen MR) is 106 cm³/mol. The van der Waals surface area contributed by atoms with E-state index in [4.69, 9.17) is 8.83 Å². The van der Waals surface area contributed by atoms with Crippen LogP contribution in [0.2, 0.25) is 0 Å². The maximum absolute atomic E-state index is 12.9. The SMILES string of the molecule is CC(NS(=O)(=O)c1ccc(-c2nnc(C3CC3)o2)o1)c1ccccc1-n1cccn1. The Labute approximate surface area is 172 Å². The predicted octanol–water partition coefficient (Wildman–Crippen LogP) is 3.43. The summed E-state index contributed by atoms with van der Waals surface area (Å²) in [7, 11) is -3.91. The van der Waals surface area contributed by atoms with Gasteiger partial charge in [-0.15, -0.1) is 10.2 Å². The minimum atomic E-state index is -3.91. The first-order valence-electron chi connectivity index (χ1n) is 9.56. The summed E-state index contributed by atoms with van der Waals surface area (Å²) in [6.07, 6.45) is 5.53. The van der Waals surface area contributed by atoms with Gasteiger partial charge >= 0.3 is 0 Å². The van der Waals surface area contributed by atoms with Crippen LogP contribution in [0.1, 0.15) is 43.2 Å². The smallest absolute Gasteiger partial charge is 0.283 e. The van der Waals surface area contributed by atoms with Crippen molar-refractivity contribution in [2.24, 2.45) is 0 Å². The molecule has 0 saturated heterocycles. The largest absolute Gasteiger partial charge is 0.438 e. The minimum absolute atomic E-state index is 0.176. The molecule has 9 nitrogen and oxygen atoms in total. The van der Waals surface area contributed by atoms with Gasteiger partial charge in [-0.2, -0.15) is 5.10 Å². The number of hydrogen-bond acceptors (Lipinski definition) is 7. The molecule has 0 amide bonds. The van der Waals surface area contributed by atoms with Crippen LogP contribution in [0.15, 0.2) is 68.8 Å². The molecule has 1 aliphatic rings. The summed E-state index contributed by atoms with van der Waals surface area (Å²) in [6.45, 7) is 1.77. The van der Waals surface area contributed by atoms with E-state index in [1.165, 1.54) is 12.1 Å². The molecule has 1 aromatic carbocycles. The van der Waals surface area contributed by atoms with Crippen molar-refractivity contribution in [3.05, 3.63) is 66.3 Å². The first-order chi connectivity index (χ1) is 14.5. The highest BCUT2D eigenvalue weighted by molar-refractivity contribution is 7.89. The molecule has 3 aromatic heterocycles. The standard InChI is InChI=1S/C20H19N5O4S/c1-13(15-5-2-3-6-16(15)25-12-4-11-21-25)24-30(26,27)18-10-9-17(28-18)20-23-22-19(29-20)14-7-8-14/h2-6,9-14,24H,7-8H2,1H3.